The van der Waals surface area contributed by atoms with Gasteiger partial charge in [-0.2, -0.15) is 4.98 Å². The molecule has 2 aliphatic rings. The number of ether oxygens (including phenoxy) is 1. The van der Waals surface area contributed by atoms with Crippen molar-refractivity contribution in [1.82, 2.24) is 14.9 Å². The Morgan fingerprint density at radius 2 is 2.30 bits per heavy atom. The molecule has 1 saturated heterocycles. The number of nitrogens with zero attached hydrogens (tertiary/aromatic N) is 3. The first-order valence-corrected chi connectivity index (χ1v) is 7.28. The molecule has 2 atom stereocenters. The number of rotatable bonds is 3. The lowest BCUT2D eigenvalue weighted by atomic mass is 9.99. The summed E-state index contributed by atoms with van der Waals surface area (Å²) in [5, 5.41) is 1.06. The number of piperidine rings is 1. The second-order valence-corrected chi connectivity index (χ2v) is 6.29. The Labute approximate surface area is 118 Å². The first-order valence-electron chi connectivity index (χ1n) is 7.28. The molecule has 1 saturated carbocycles. The van der Waals surface area contributed by atoms with Crippen molar-refractivity contribution in [3.8, 4) is 6.01 Å². The highest BCUT2D eigenvalue weighted by molar-refractivity contribution is 5.77. The number of para-hydroxylation sites is 1. The van der Waals surface area contributed by atoms with Gasteiger partial charge in [0.25, 0.3) is 0 Å². The van der Waals surface area contributed by atoms with Gasteiger partial charge in [0.15, 0.2) is 0 Å². The molecule has 20 heavy (non-hydrogen) atoms. The Morgan fingerprint density at radius 3 is 3.25 bits per heavy atom. The SMILES string of the molecule is CN1CCC2CC2(COc2ncc3ccccc3n2)C1. The van der Waals surface area contributed by atoms with Crippen LogP contribution in [0.3, 0.4) is 0 Å². The molecule has 0 spiro atoms. The van der Waals surface area contributed by atoms with Crippen molar-refractivity contribution in [3.05, 3.63) is 30.5 Å². The van der Waals surface area contributed by atoms with Crippen molar-refractivity contribution in [2.45, 2.75) is 12.8 Å². The first kappa shape index (κ1) is 12.1. The fraction of sp³-hybridized carbons (Fsp3) is 0.500. The maximum atomic E-state index is 5.90. The number of benzene rings is 1. The highest BCUT2D eigenvalue weighted by atomic mass is 16.5. The van der Waals surface area contributed by atoms with E-state index in [2.05, 4.69) is 21.9 Å². The minimum Gasteiger partial charge on any atom is -0.463 e. The van der Waals surface area contributed by atoms with Gasteiger partial charge < -0.3 is 9.64 Å². The summed E-state index contributed by atoms with van der Waals surface area (Å²) in [5.74, 6) is 0.846. The van der Waals surface area contributed by atoms with E-state index in [9.17, 15) is 0 Å². The van der Waals surface area contributed by atoms with E-state index in [0.717, 1.165) is 30.0 Å². The monoisotopic (exact) mass is 269 g/mol. The van der Waals surface area contributed by atoms with Crippen LogP contribution in [0.15, 0.2) is 30.5 Å². The summed E-state index contributed by atoms with van der Waals surface area (Å²) in [6.07, 6.45) is 4.44. The molecule has 0 amide bonds. The lowest BCUT2D eigenvalue weighted by molar-refractivity contribution is 0.129. The smallest absolute Gasteiger partial charge is 0.316 e. The molecule has 4 nitrogen and oxygen atoms in total. The molecular formula is C16H19N3O. The average molecular weight is 269 g/mol. The van der Waals surface area contributed by atoms with E-state index in [-0.39, 0.29) is 0 Å². The summed E-state index contributed by atoms with van der Waals surface area (Å²) < 4.78 is 5.90. The molecule has 1 aliphatic carbocycles. The van der Waals surface area contributed by atoms with Crippen LogP contribution in [0, 0.1) is 11.3 Å². The predicted octanol–water partition coefficient (Wildman–Crippen LogP) is 2.35. The molecule has 2 fully saturated rings. The quantitative estimate of drug-likeness (QED) is 0.857. The summed E-state index contributed by atoms with van der Waals surface area (Å²) in [5.41, 5.74) is 1.31. The molecule has 1 aromatic carbocycles. The van der Waals surface area contributed by atoms with Crippen LogP contribution in [0.25, 0.3) is 10.9 Å². The fourth-order valence-corrected chi connectivity index (χ4v) is 3.48. The van der Waals surface area contributed by atoms with E-state index in [1.165, 1.54) is 19.4 Å². The van der Waals surface area contributed by atoms with E-state index >= 15 is 0 Å². The molecule has 0 N–H and O–H groups in total. The number of hydrogen-bond donors (Lipinski definition) is 0. The standard InChI is InChI=1S/C16H19N3O/c1-19-7-6-13-8-16(13,10-19)11-20-15-17-9-12-4-2-3-5-14(12)18-15/h2-5,9,13H,6-8,10-11H2,1H3. The Balaban J connectivity index is 1.48. The van der Waals surface area contributed by atoms with Gasteiger partial charge in [-0.3, -0.25) is 0 Å². The van der Waals surface area contributed by atoms with Crippen LogP contribution in [0.1, 0.15) is 12.8 Å². The van der Waals surface area contributed by atoms with Crippen molar-refractivity contribution in [2.24, 2.45) is 11.3 Å². The Morgan fingerprint density at radius 1 is 1.40 bits per heavy atom. The van der Waals surface area contributed by atoms with E-state index in [0.29, 0.717) is 11.4 Å². The van der Waals surface area contributed by atoms with Crippen LogP contribution < -0.4 is 4.74 Å². The molecule has 2 aromatic rings. The van der Waals surface area contributed by atoms with Crippen molar-refractivity contribution < 1.29 is 4.74 Å². The highest BCUT2D eigenvalue weighted by Crippen LogP contribution is 2.57. The van der Waals surface area contributed by atoms with Gasteiger partial charge in [-0.05, 0) is 38.4 Å². The van der Waals surface area contributed by atoms with Gasteiger partial charge in [0.05, 0.1) is 12.1 Å². The van der Waals surface area contributed by atoms with Gasteiger partial charge >= 0.3 is 6.01 Å². The third-order valence-electron chi connectivity index (χ3n) is 4.76. The second-order valence-electron chi connectivity index (χ2n) is 6.29. The van der Waals surface area contributed by atoms with E-state index in [4.69, 9.17) is 4.74 Å². The van der Waals surface area contributed by atoms with Gasteiger partial charge in [0, 0.05) is 23.5 Å². The molecule has 4 rings (SSSR count). The topological polar surface area (TPSA) is 38.2 Å². The zero-order chi connectivity index (χ0) is 13.6. The molecule has 1 aromatic heterocycles. The maximum absolute atomic E-state index is 5.90. The molecule has 2 unspecified atom stereocenters. The average Bonchev–Trinajstić information content (AvgIpc) is 3.19. The van der Waals surface area contributed by atoms with Gasteiger partial charge in [-0.25, -0.2) is 4.98 Å². The van der Waals surface area contributed by atoms with Crippen LogP contribution >= 0.6 is 0 Å². The normalized spacial score (nSPS) is 29.1. The summed E-state index contributed by atoms with van der Waals surface area (Å²) >= 11 is 0. The minimum absolute atomic E-state index is 0.363. The van der Waals surface area contributed by atoms with Crippen molar-refractivity contribution >= 4 is 10.9 Å². The lowest BCUT2D eigenvalue weighted by Gasteiger charge is -2.29. The Kier molecular flexibility index (Phi) is 2.67. The fourth-order valence-electron chi connectivity index (χ4n) is 3.48. The van der Waals surface area contributed by atoms with Gasteiger partial charge in [0.2, 0.25) is 0 Å². The van der Waals surface area contributed by atoms with Crippen LogP contribution in [0.4, 0.5) is 0 Å². The lowest BCUT2D eigenvalue weighted by Crippen LogP contribution is -2.37. The van der Waals surface area contributed by atoms with Crippen LogP contribution in [-0.4, -0.2) is 41.6 Å². The van der Waals surface area contributed by atoms with Gasteiger partial charge in [-0.15, -0.1) is 0 Å². The second kappa shape index (κ2) is 4.42. The molecule has 0 radical (unpaired) electrons. The van der Waals surface area contributed by atoms with Gasteiger partial charge in [-0.1, -0.05) is 18.2 Å². The van der Waals surface area contributed by atoms with Crippen LogP contribution in [0.5, 0.6) is 6.01 Å². The van der Waals surface area contributed by atoms with Gasteiger partial charge in [0.1, 0.15) is 0 Å². The van der Waals surface area contributed by atoms with Crippen LogP contribution in [0.2, 0.25) is 0 Å². The molecule has 4 heteroatoms. The zero-order valence-corrected chi connectivity index (χ0v) is 11.7. The number of aromatic nitrogens is 2. The third-order valence-corrected chi connectivity index (χ3v) is 4.76. The number of hydrogen-bond acceptors (Lipinski definition) is 4. The summed E-state index contributed by atoms with van der Waals surface area (Å²) in [6.45, 7) is 3.12. The summed E-state index contributed by atoms with van der Waals surface area (Å²) in [7, 11) is 2.20. The molecule has 1 aliphatic heterocycles. The molecule has 0 bridgehead atoms. The van der Waals surface area contributed by atoms with E-state index in [1.807, 2.05) is 30.5 Å². The third kappa shape index (κ3) is 2.04. The molecule has 104 valence electrons. The van der Waals surface area contributed by atoms with E-state index < -0.39 is 0 Å². The van der Waals surface area contributed by atoms with Crippen LogP contribution in [-0.2, 0) is 0 Å². The minimum atomic E-state index is 0.363. The number of likely N-dealkylation sites (tertiary alicyclic amines) is 1. The first-order chi connectivity index (χ1) is 9.75. The predicted molar refractivity (Wildman–Crippen MR) is 77.7 cm³/mol. The van der Waals surface area contributed by atoms with E-state index in [1.54, 1.807) is 0 Å². The number of fused-ring (bicyclic) bond motifs is 2. The Bertz CT molecular complexity index is 644. The highest BCUT2D eigenvalue weighted by Gasteiger charge is 2.56. The van der Waals surface area contributed by atoms with Crippen molar-refractivity contribution in [1.29, 1.82) is 0 Å². The zero-order valence-electron chi connectivity index (χ0n) is 11.7. The maximum Gasteiger partial charge on any atom is 0.316 e. The Hall–Kier alpha value is -1.68. The van der Waals surface area contributed by atoms with Crippen molar-refractivity contribution in [2.75, 3.05) is 26.7 Å². The summed E-state index contributed by atoms with van der Waals surface area (Å²) in [6, 6.07) is 8.51. The molecular weight excluding hydrogens is 250 g/mol. The summed E-state index contributed by atoms with van der Waals surface area (Å²) in [4.78, 5) is 11.2. The van der Waals surface area contributed by atoms with Crippen molar-refractivity contribution in [3.63, 3.8) is 0 Å². The largest absolute Gasteiger partial charge is 0.463 e. The molecule has 2 heterocycles.